The number of nitrogens with one attached hydrogen (secondary N) is 1. The Kier molecular flexibility index (Phi) is 6.70. The van der Waals surface area contributed by atoms with Crippen LogP contribution in [0.1, 0.15) is 16.8 Å². The van der Waals surface area contributed by atoms with E-state index >= 15 is 0 Å². The van der Waals surface area contributed by atoms with Gasteiger partial charge in [0.25, 0.3) is 5.91 Å². The minimum Gasteiger partial charge on any atom is -0.497 e. The molecule has 1 saturated heterocycles. The second-order valence-corrected chi connectivity index (χ2v) is 7.79. The molecule has 4 rings (SSSR count). The highest BCUT2D eigenvalue weighted by Gasteiger charge is 2.47. The van der Waals surface area contributed by atoms with Crippen LogP contribution < -0.4 is 14.8 Å². The Labute approximate surface area is 180 Å². The van der Waals surface area contributed by atoms with Crippen molar-refractivity contribution in [1.82, 2.24) is 10.2 Å². The lowest BCUT2D eigenvalue weighted by molar-refractivity contribution is -0.0350. The van der Waals surface area contributed by atoms with Crippen LogP contribution in [0.5, 0.6) is 11.5 Å². The fourth-order valence-corrected chi connectivity index (χ4v) is 4.30. The number of methoxy groups -OCH3 is 1. The topological polar surface area (TPSA) is 80.3 Å². The second kappa shape index (κ2) is 9.64. The van der Waals surface area contributed by atoms with Crippen molar-refractivity contribution in [2.75, 3.05) is 33.4 Å². The molecule has 1 aliphatic heterocycles. The SMILES string of the molecule is COc1ccc(C(=O)N[C@@H]2C[C@@H](Oc3cccc(F)c3)[C@H](O)[C@H]2N2CCOCC2)cc1. The number of rotatable bonds is 6. The van der Waals surface area contributed by atoms with Gasteiger partial charge < -0.3 is 24.6 Å². The molecule has 31 heavy (non-hydrogen) atoms. The average molecular weight is 430 g/mol. The summed E-state index contributed by atoms with van der Waals surface area (Å²) in [6.07, 6.45) is -1.01. The molecule has 2 fully saturated rings. The van der Waals surface area contributed by atoms with E-state index in [1.807, 2.05) is 0 Å². The van der Waals surface area contributed by atoms with Crippen LogP contribution in [0.4, 0.5) is 4.39 Å². The average Bonchev–Trinajstić information content (AvgIpc) is 3.08. The molecule has 2 aliphatic rings. The molecule has 0 unspecified atom stereocenters. The van der Waals surface area contributed by atoms with Gasteiger partial charge in [-0.3, -0.25) is 9.69 Å². The van der Waals surface area contributed by atoms with E-state index in [-0.39, 0.29) is 18.0 Å². The standard InChI is InChI=1S/C23H27FN2O5/c1-29-17-7-5-15(6-8-17)23(28)25-19-14-20(31-18-4-2-3-16(24)13-18)22(27)21(19)26-9-11-30-12-10-26/h2-8,13,19-22,27H,9-12,14H2,1H3,(H,25,28)/t19-,20-,21+,22+/m1/s1. The largest absolute Gasteiger partial charge is 0.497 e. The molecule has 0 spiro atoms. The van der Waals surface area contributed by atoms with Crippen LogP contribution in [0.3, 0.4) is 0 Å². The lowest BCUT2D eigenvalue weighted by Crippen LogP contribution is -2.56. The van der Waals surface area contributed by atoms with Crippen LogP contribution in [-0.2, 0) is 4.74 Å². The molecule has 166 valence electrons. The van der Waals surface area contributed by atoms with Crippen molar-refractivity contribution in [2.45, 2.75) is 30.7 Å². The van der Waals surface area contributed by atoms with Crippen LogP contribution in [0.2, 0.25) is 0 Å². The van der Waals surface area contributed by atoms with E-state index in [1.54, 1.807) is 43.5 Å². The van der Waals surface area contributed by atoms with Gasteiger partial charge in [0, 0.05) is 31.1 Å². The first kappa shape index (κ1) is 21.5. The van der Waals surface area contributed by atoms with Crippen LogP contribution in [-0.4, -0.2) is 73.6 Å². The van der Waals surface area contributed by atoms with Crippen LogP contribution in [0, 0.1) is 5.82 Å². The fourth-order valence-electron chi connectivity index (χ4n) is 4.30. The first-order valence-electron chi connectivity index (χ1n) is 10.4. The number of amides is 1. The summed E-state index contributed by atoms with van der Waals surface area (Å²) in [5.41, 5.74) is 0.505. The van der Waals surface area contributed by atoms with Crippen LogP contribution >= 0.6 is 0 Å². The van der Waals surface area contributed by atoms with E-state index in [0.29, 0.717) is 49.8 Å². The molecule has 0 radical (unpaired) electrons. The van der Waals surface area contributed by atoms with E-state index in [9.17, 15) is 14.3 Å². The molecule has 8 heteroatoms. The molecule has 1 amide bonds. The van der Waals surface area contributed by atoms with Crippen molar-refractivity contribution < 1.29 is 28.5 Å². The third kappa shape index (κ3) is 4.98. The predicted octanol–water partition coefficient (Wildman–Crippen LogP) is 1.85. The molecular formula is C23H27FN2O5. The number of hydrogen-bond acceptors (Lipinski definition) is 6. The first-order chi connectivity index (χ1) is 15.0. The Morgan fingerprint density at radius 2 is 1.90 bits per heavy atom. The number of carbonyl (C=O) groups excluding carboxylic acids is 1. The molecule has 0 aromatic heterocycles. The second-order valence-electron chi connectivity index (χ2n) is 7.79. The summed E-state index contributed by atoms with van der Waals surface area (Å²) in [6, 6.07) is 12.0. The van der Waals surface area contributed by atoms with Gasteiger partial charge >= 0.3 is 0 Å². The van der Waals surface area contributed by atoms with Crippen molar-refractivity contribution >= 4 is 5.91 Å². The number of hydrogen-bond donors (Lipinski definition) is 2. The van der Waals surface area contributed by atoms with E-state index < -0.39 is 18.0 Å². The van der Waals surface area contributed by atoms with Gasteiger partial charge in [0.1, 0.15) is 29.5 Å². The molecule has 1 saturated carbocycles. The molecular weight excluding hydrogens is 403 g/mol. The molecule has 2 aromatic carbocycles. The smallest absolute Gasteiger partial charge is 0.251 e. The zero-order valence-electron chi connectivity index (χ0n) is 17.4. The number of morpholine rings is 1. The Bertz CT molecular complexity index is 888. The number of benzene rings is 2. The molecule has 2 aromatic rings. The minimum atomic E-state index is -0.845. The van der Waals surface area contributed by atoms with Crippen LogP contribution in [0.15, 0.2) is 48.5 Å². The summed E-state index contributed by atoms with van der Waals surface area (Å²) in [5.74, 6) is 0.387. The summed E-state index contributed by atoms with van der Waals surface area (Å²) < 4.78 is 30.1. The van der Waals surface area contributed by atoms with E-state index in [4.69, 9.17) is 14.2 Å². The van der Waals surface area contributed by atoms with Crippen molar-refractivity contribution in [3.8, 4) is 11.5 Å². The maximum Gasteiger partial charge on any atom is 0.251 e. The summed E-state index contributed by atoms with van der Waals surface area (Å²) in [7, 11) is 1.57. The molecule has 2 N–H and O–H groups in total. The predicted molar refractivity (Wildman–Crippen MR) is 112 cm³/mol. The third-order valence-corrected chi connectivity index (χ3v) is 5.85. The Balaban J connectivity index is 1.51. The number of carbonyl (C=O) groups is 1. The number of ether oxygens (including phenoxy) is 3. The molecule has 1 aliphatic carbocycles. The molecule has 4 atom stereocenters. The van der Waals surface area contributed by atoms with Gasteiger partial charge in [-0.05, 0) is 36.4 Å². The lowest BCUT2D eigenvalue weighted by atomic mass is 10.1. The lowest BCUT2D eigenvalue weighted by Gasteiger charge is -2.37. The molecule has 7 nitrogen and oxygen atoms in total. The van der Waals surface area contributed by atoms with Gasteiger partial charge in [0.2, 0.25) is 0 Å². The molecule has 0 bridgehead atoms. The van der Waals surface area contributed by atoms with Gasteiger partial charge in [-0.25, -0.2) is 4.39 Å². The summed E-state index contributed by atoms with van der Waals surface area (Å²) in [5, 5.41) is 14.1. The third-order valence-electron chi connectivity index (χ3n) is 5.85. The molecule has 1 heterocycles. The number of aliphatic hydroxyl groups excluding tert-OH is 1. The quantitative estimate of drug-likeness (QED) is 0.728. The normalized spacial score (nSPS) is 26.4. The zero-order valence-corrected chi connectivity index (χ0v) is 17.4. The Morgan fingerprint density at radius 1 is 1.16 bits per heavy atom. The van der Waals surface area contributed by atoms with E-state index in [1.165, 1.54) is 12.1 Å². The fraction of sp³-hybridized carbons (Fsp3) is 0.435. The van der Waals surface area contributed by atoms with E-state index in [2.05, 4.69) is 10.2 Å². The highest BCUT2D eigenvalue weighted by Crippen LogP contribution is 2.30. The van der Waals surface area contributed by atoms with Crippen molar-refractivity contribution in [3.05, 3.63) is 59.9 Å². The maximum absolute atomic E-state index is 13.6. The number of halogens is 1. The van der Waals surface area contributed by atoms with Crippen molar-refractivity contribution in [2.24, 2.45) is 0 Å². The Hall–Kier alpha value is -2.68. The van der Waals surface area contributed by atoms with Gasteiger partial charge in [-0.15, -0.1) is 0 Å². The number of aliphatic hydroxyl groups is 1. The number of nitrogens with zero attached hydrogens (tertiary/aromatic N) is 1. The van der Waals surface area contributed by atoms with Gasteiger partial charge in [0.05, 0.1) is 32.4 Å². The highest BCUT2D eigenvalue weighted by atomic mass is 19.1. The van der Waals surface area contributed by atoms with Crippen molar-refractivity contribution in [1.29, 1.82) is 0 Å². The maximum atomic E-state index is 13.6. The van der Waals surface area contributed by atoms with Gasteiger partial charge in [0.15, 0.2) is 0 Å². The van der Waals surface area contributed by atoms with Crippen molar-refractivity contribution in [3.63, 3.8) is 0 Å². The van der Waals surface area contributed by atoms with E-state index in [0.717, 1.165) is 0 Å². The summed E-state index contributed by atoms with van der Waals surface area (Å²) in [6.45, 7) is 2.45. The van der Waals surface area contributed by atoms with Gasteiger partial charge in [-0.2, -0.15) is 0 Å². The zero-order chi connectivity index (χ0) is 21.8. The van der Waals surface area contributed by atoms with Crippen LogP contribution in [0.25, 0.3) is 0 Å². The summed E-state index contributed by atoms with van der Waals surface area (Å²) >= 11 is 0. The first-order valence-corrected chi connectivity index (χ1v) is 10.4. The summed E-state index contributed by atoms with van der Waals surface area (Å²) in [4.78, 5) is 15.0. The Morgan fingerprint density at radius 3 is 2.58 bits per heavy atom. The highest BCUT2D eigenvalue weighted by molar-refractivity contribution is 5.94. The monoisotopic (exact) mass is 430 g/mol. The minimum absolute atomic E-state index is 0.232. The van der Waals surface area contributed by atoms with Gasteiger partial charge in [-0.1, -0.05) is 6.07 Å².